The van der Waals surface area contributed by atoms with Gasteiger partial charge in [-0.3, -0.25) is 0 Å². The minimum absolute atomic E-state index is 0.189. The van der Waals surface area contributed by atoms with Crippen LogP contribution in [-0.2, 0) is 4.74 Å². The van der Waals surface area contributed by atoms with Crippen molar-refractivity contribution in [3.63, 3.8) is 0 Å². The van der Waals surface area contributed by atoms with Crippen LogP contribution < -0.4 is 5.73 Å². The Morgan fingerprint density at radius 3 is 2.81 bits per heavy atom. The van der Waals surface area contributed by atoms with E-state index in [9.17, 15) is 4.79 Å². The highest BCUT2D eigenvalue weighted by Crippen LogP contribution is 2.56. The van der Waals surface area contributed by atoms with Gasteiger partial charge in [-0.15, -0.1) is 0 Å². The number of ether oxygens (including phenoxy) is 1. The van der Waals surface area contributed by atoms with Gasteiger partial charge < -0.3 is 15.4 Å². The average Bonchev–Trinajstić information content (AvgIpc) is 2.88. The molecule has 2 fully saturated rings. The lowest BCUT2D eigenvalue weighted by Gasteiger charge is -2.33. The number of hydrogen-bond acceptors (Lipinski definition) is 3. The third kappa shape index (κ3) is 2.17. The second-order valence-electron chi connectivity index (χ2n) is 6.16. The molecule has 2 aliphatic rings. The number of likely N-dealkylation sites (tertiary alicyclic amines) is 1. The summed E-state index contributed by atoms with van der Waals surface area (Å²) in [4.78, 5) is 13.7. The molecule has 1 heterocycles. The van der Waals surface area contributed by atoms with Crippen LogP contribution in [-0.4, -0.2) is 36.2 Å². The summed E-state index contributed by atoms with van der Waals surface area (Å²) in [7, 11) is 0. The summed E-state index contributed by atoms with van der Waals surface area (Å²) in [5.74, 6) is 0.746. The molecule has 4 nitrogen and oxygen atoms in total. The topological polar surface area (TPSA) is 55.6 Å². The maximum Gasteiger partial charge on any atom is 0.410 e. The van der Waals surface area contributed by atoms with Crippen LogP contribution in [0.3, 0.4) is 0 Å². The number of amides is 1. The third-order valence-electron chi connectivity index (χ3n) is 3.67. The van der Waals surface area contributed by atoms with Crippen LogP contribution in [0.5, 0.6) is 0 Å². The second kappa shape index (κ2) is 3.62. The fourth-order valence-electron chi connectivity index (χ4n) is 2.60. The lowest BCUT2D eigenvalue weighted by molar-refractivity contribution is 0.0159. The van der Waals surface area contributed by atoms with E-state index in [1.165, 1.54) is 6.42 Å². The highest BCUT2D eigenvalue weighted by molar-refractivity contribution is 5.68. The molecule has 4 heteroatoms. The van der Waals surface area contributed by atoms with Crippen molar-refractivity contribution in [2.24, 2.45) is 17.1 Å². The molecule has 1 saturated carbocycles. The first-order valence-corrected chi connectivity index (χ1v) is 6.04. The van der Waals surface area contributed by atoms with Crippen molar-refractivity contribution >= 4 is 6.09 Å². The monoisotopic (exact) mass is 226 g/mol. The smallest absolute Gasteiger partial charge is 0.410 e. The minimum atomic E-state index is -0.409. The van der Waals surface area contributed by atoms with E-state index < -0.39 is 5.60 Å². The summed E-state index contributed by atoms with van der Waals surface area (Å²) in [6, 6.07) is 0. The molecular weight excluding hydrogens is 204 g/mol. The molecule has 0 aromatic rings. The van der Waals surface area contributed by atoms with Gasteiger partial charge >= 0.3 is 6.09 Å². The number of nitrogens with zero attached hydrogens (tertiary/aromatic N) is 1. The maximum absolute atomic E-state index is 11.9. The Morgan fingerprint density at radius 1 is 1.56 bits per heavy atom. The molecule has 2 atom stereocenters. The number of rotatable bonds is 1. The molecule has 0 spiro atoms. The van der Waals surface area contributed by atoms with Crippen molar-refractivity contribution in [1.29, 1.82) is 0 Å². The van der Waals surface area contributed by atoms with E-state index >= 15 is 0 Å². The molecule has 1 saturated heterocycles. The molecular formula is C12H22N2O2. The van der Waals surface area contributed by atoms with E-state index in [1.54, 1.807) is 0 Å². The predicted molar refractivity (Wildman–Crippen MR) is 62.0 cm³/mol. The fraction of sp³-hybridized carbons (Fsp3) is 0.917. The lowest BCUT2D eigenvalue weighted by atomic mass is 9.98. The molecule has 2 unspecified atom stereocenters. The quantitative estimate of drug-likeness (QED) is 0.738. The molecule has 1 aliphatic carbocycles. The van der Waals surface area contributed by atoms with Gasteiger partial charge in [0.15, 0.2) is 0 Å². The Kier molecular flexibility index (Phi) is 2.65. The average molecular weight is 226 g/mol. The summed E-state index contributed by atoms with van der Waals surface area (Å²) in [5.41, 5.74) is 5.60. The summed E-state index contributed by atoms with van der Waals surface area (Å²) in [6.45, 7) is 7.98. The summed E-state index contributed by atoms with van der Waals surface area (Å²) in [6.07, 6.45) is 2.07. The van der Waals surface area contributed by atoms with Crippen molar-refractivity contribution in [1.82, 2.24) is 4.90 Å². The van der Waals surface area contributed by atoms with E-state index in [0.29, 0.717) is 6.54 Å². The van der Waals surface area contributed by atoms with Crippen LogP contribution in [0.2, 0.25) is 0 Å². The minimum Gasteiger partial charge on any atom is -0.444 e. The maximum atomic E-state index is 11.9. The fourth-order valence-corrected chi connectivity index (χ4v) is 2.60. The van der Waals surface area contributed by atoms with Gasteiger partial charge in [-0.1, -0.05) is 0 Å². The Hall–Kier alpha value is -0.770. The summed E-state index contributed by atoms with van der Waals surface area (Å²) >= 11 is 0. The lowest BCUT2D eigenvalue weighted by Crippen LogP contribution is -2.45. The molecule has 1 amide bonds. The standard InChI is InChI=1S/C12H22N2O2/c1-11(2,3)16-10(15)14-5-4-9-6-12(9,7-13)8-14/h9H,4-8,13H2,1-3H3. The number of carbonyl (C=O) groups excluding carboxylic acids is 1. The van der Waals surface area contributed by atoms with Crippen LogP contribution in [0, 0.1) is 11.3 Å². The molecule has 1 aliphatic heterocycles. The number of fused-ring (bicyclic) bond motifs is 1. The van der Waals surface area contributed by atoms with Gasteiger partial charge in [0.1, 0.15) is 5.60 Å². The highest BCUT2D eigenvalue weighted by Gasteiger charge is 2.56. The molecule has 2 rings (SSSR count). The third-order valence-corrected chi connectivity index (χ3v) is 3.67. The van der Waals surface area contributed by atoms with Crippen LogP contribution in [0.25, 0.3) is 0 Å². The van der Waals surface area contributed by atoms with Crippen LogP contribution >= 0.6 is 0 Å². The molecule has 2 N–H and O–H groups in total. The van der Waals surface area contributed by atoms with Crippen LogP contribution in [0.15, 0.2) is 0 Å². The Morgan fingerprint density at radius 2 is 2.25 bits per heavy atom. The van der Waals surface area contributed by atoms with Gasteiger partial charge in [-0.05, 0) is 46.1 Å². The van der Waals surface area contributed by atoms with E-state index in [-0.39, 0.29) is 11.5 Å². The number of carbonyl (C=O) groups is 1. The van der Waals surface area contributed by atoms with Gasteiger partial charge in [-0.25, -0.2) is 4.79 Å². The zero-order chi connectivity index (χ0) is 12.0. The van der Waals surface area contributed by atoms with Gasteiger partial charge in [0.2, 0.25) is 0 Å². The molecule has 92 valence electrons. The Labute approximate surface area is 97.1 Å². The normalized spacial score (nSPS) is 33.2. The Balaban J connectivity index is 1.93. The molecule has 16 heavy (non-hydrogen) atoms. The van der Waals surface area contributed by atoms with Gasteiger partial charge in [0, 0.05) is 18.5 Å². The SMILES string of the molecule is CC(C)(C)OC(=O)N1CCC2CC2(CN)C1. The van der Waals surface area contributed by atoms with Gasteiger partial charge in [-0.2, -0.15) is 0 Å². The molecule has 0 aromatic carbocycles. The zero-order valence-electron chi connectivity index (χ0n) is 10.5. The van der Waals surface area contributed by atoms with Gasteiger partial charge in [0.05, 0.1) is 0 Å². The van der Waals surface area contributed by atoms with Crippen LogP contribution in [0.1, 0.15) is 33.6 Å². The van der Waals surface area contributed by atoms with E-state index in [4.69, 9.17) is 10.5 Å². The first-order chi connectivity index (χ1) is 7.36. The summed E-state index contributed by atoms with van der Waals surface area (Å²) in [5, 5.41) is 0. The van der Waals surface area contributed by atoms with Crippen molar-refractivity contribution in [3.05, 3.63) is 0 Å². The van der Waals surface area contributed by atoms with Crippen LogP contribution in [0.4, 0.5) is 4.79 Å². The first kappa shape index (κ1) is 11.7. The molecule has 0 bridgehead atoms. The zero-order valence-corrected chi connectivity index (χ0v) is 10.5. The van der Waals surface area contributed by atoms with E-state index in [0.717, 1.165) is 25.4 Å². The Bertz CT molecular complexity index is 298. The summed E-state index contributed by atoms with van der Waals surface area (Å²) < 4.78 is 5.38. The van der Waals surface area contributed by atoms with Crippen molar-refractivity contribution in [2.75, 3.05) is 19.6 Å². The predicted octanol–water partition coefficient (Wildman–Crippen LogP) is 1.59. The van der Waals surface area contributed by atoms with Crippen molar-refractivity contribution < 1.29 is 9.53 Å². The largest absolute Gasteiger partial charge is 0.444 e. The first-order valence-electron chi connectivity index (χ1n) is 6.04. The number of nitrogens with two attached hydrogens (primary N) is 1. The van der Waals surface area contributed by atoms with Gasteiger partial charge in [0.25, 0.3) is 0 Å². The van der Waals surface area contributed by atoms with E-state index in [1.807, 2.05) is 25.7 Å². The number of hydrogen-bond donors (Lipinski definition) is 1. The highest BCUT2D eigenvalue weighted by atomic mass is 16.6. The second-order valence-corrected chi connectivity index (χ2v) is 6.16. The molecule has 0 radical (unpaired) electrons. The van der Waals surface area contributed by atoms with Crippen molar-refractivity contribution in [2.45, 2.75) is 39.2 Å². The number of piperidine rings is 1. The molecule has 0 aromatic heterocycles. The van der Waals surface area contributed by atoms with Crippen molar-refractivity contribution in [3.8, 4) is 0 Å². The van der Waals surface area contributed by atoms with E-state index in [2.05, 4.69) is 0 Å².